The maximum Gasteiger partial charge on any atom is 0.220 e. The first-order valence-corrected chi connectivity index (χ1v) is 7.79. The normalized spacial score (nSPS) is 10.2. The van der Waals surface area contributed by atoms with Gasteiger partial charge < -0.3 is 10.1 Å². The van der Waals surface area contributed by atoms with Crippen molar-refractivity contribution in [1.29, 1.82) is 0 Å². The number of Topliss-reactive ketones (excluding diaryl/α,β-unsaturated/α-hetero) is 1. The van der Waals surface area contributed by atoms with Gasteiger partial charge in [0.1, 0.15) is 11.6 Å². The Bertz CT molecular complexity index is 698. The van der Waals surface area contributed by atoms with Gasteiger partial charge in [0.2, 0.25) is 5.91 Å². The van der Waals surface area contributed by atoms with Gasteiger partial charge >= 0.3 is 0 Å². The van der Waals surface area contributed by atoms with Crippen molar-refractivity contribution in [2.45, 2.75) is 26.3 Å². The summed E-state index contributed by atoms with van der Waals surface area (Å²) in [4.78, 5) is 22.9. The van der Waals surface area contributed by atoms with Crippen LogP contribution >= 0.6 is 0 Å². The standard InChI is InChI=1S/C19H20FNO3/c1-14(22)16-7-9-18(10-8-16)24-11-3-6-19(23)21-13-15-4-2-5-17(20)12-15/h2,4-5,7-10,12H,3,6,11,13H2,1H3,(H,21,23). The lowest BCUT2D eigenvalue weighted by Gasteiger charge is -2.08. The Balaban J connectivity index is 1.64. The molecule has 0 aliphatic rings. The smallest absolute Gasteiger partial charge is 0.220 e. The molecule has 0 saturated heterocycles. The molecule has 0 unspecified atom stereocenters. The van der Waals surface area contributed by atoms with E-state index in [2.05, 4.69) is 5.32 Å². The Labute approximate surface area is 140 Å². The van der Waals surface area contributed by atoms with E-state index < -0.39 is 0 Å². The molecule has 0 aliphatic heterocycles. The summed E-state index contributed by atoms with van der Waals surface area (Å²) in [7, 11) is 0. The molecule has 0 atom stereocenters. The molecule has 5 heteroatoms. The van der Waals surface area contributed by atoms with Gasteiger partial charge in [-0.25, -0.2) is 4.39 Å². The third-order valence-electron chi connectivity index (χ3n) is 3.46. The number of ether oxygens (including phenoxy) is 1. The highest BCUT2D eigenvalue weighted by Crippen LogP contribution is 2.13. The Kier molecular flexibility index (Phi) is 6.49. The Morgan fingerprint density at radius 3 is 2.54 bits per heavy atom. The van der Waals surface area contributed by atoms with Gasteiger partial charge in [-0.1, -0.05) is 12.1 Å². The van der Waals surface area contributed by atoms with Gasteiger partial charge in [0.05, 0.1) is 6.61 Å². The number of hydrogen-bond acceptors (Lipinski definition) is 3. The third kappa shape index (κ3) is 5.83. The summed E-state index contributed by atoms with van der Waals surface area (Å²) in [6.45, 7) is 2.23. The van der Waals surface area contributed by atoms with Crippen LogP contribution in [0, 0.1) is 5.82 Å². The number of carbonyl (C=O) groups excluding carboxylic acids is 2. The zero-order chi connectivity index (χ0) is 17.4. The fourth-order valence-corrected chi connectivity index (χ4v) is 2.14. The Morgan fingerprint density at radius 2 is 1.88 bits per heavy atom. The first-order chi connectivity index (χ1) is 11.5. The lowest BCUT2D eigenvalue weighted by atomic mass is 10.1. The predicted octanol–water partition coefficient (Wildman–Crippen LogP) is 3.50. The average molecular weight is 329 g/mol. The molecule has 0 heterocycles. The maximum absolute atomic E-state index is 13.0. The van der Waals surface area contributed by atoms with Crippen LogP contribution in [0.25, 0.3) is 0 Å². The molecule has 24 heavy (non-hydrogen) atoms. The van der Waals surface area contributed by atoms with Crippen molar-refractivity contribution >= 4 is 11.7 Å². The molecule has 2 aromatic carbocycles. The van der Waals surface area contributed by atoms with E-state index in [-0.39, 0.29) is 17.5 Å². The predicted molar refractivity (Wildman–Crippen MR) is 89.4 cm³/mol. The third-order valence-corrected chi connectivity index (χ3v) is 3.46. The van der Waals surface area contributed by atoms with Crippen molar-refractivity contribution in [3.63, 3.8) is 0 Å². The van der Waals surface area contributed by atoms with Crippen molar-refractivity contribution < 1.29 is 18.7 Å². The van der Waals surface area contributed by atoms with E-state index in [1.54, 1.807) is 36.4 Å². The maximum atomic E-state index is 13.0. The van der Waals surface area contributed by atoms with Crippen LogP contribution in [-0.2, 0) is 11.3 Å². The quantitative estimate of drug-likeness (QED) is 0.596. The van der Waals surface area contributed by atoms with Crippen LogP contribution in [-0.4, -0.2) is 18.3 Å². The van der Waals surface area contributed by atoms with Crippen molar-refractivity contribution in [3.8, 4) is 5.75 Å². The lowest BCUT2D eigenvalue weighted by molar-refractivity contribution is -0.121. The van der Waals surface area contributed by atoms with Crippen LogP contribution in [0.1, 0.15) is 35.7 Å². The summed E-state index contributed by atoms with van der Waals surface area (Å²) >= 11 is 0. The van der Waals surface area contributed by atoms with Gasteiger partial charge in [-0.2, -0.15) is 0 Å². The van der Waals surface area contributed by atoms with Crippen molar-refractivity contribution in [2.75, 3.05) is 6.61 Å². The molecular weight excluding hydrogens is 309 g/mol. The minimum absolute atomic E-state index is 0.0107. The SMILES string of the molecule is CC(=O)c1ccc(OCCCC(=O)NCc2cccc(F)c2)cc1. The molecule has 0 radical (unpaired) electrons. The average Bonchev–Trinajstić information content (AvgIpc) is 2.57. The van der Waals surface area contributed by atoms with Gasteiger partial charge in [0, 0.05) is 18.5 Å². The van der Waals surface area contributed by atoms with Gasteiger partial charge in [-0.15, -0.1) is 0 Å². The van der Waals surface area contributed by atoms with Gasteiger partial charge in [0.15, 0.2) is 5.78 Å². The van der Waals surface area contributed by atoms with E-state index in [9.17, 15) is 14.0 Å². The molecule has 0 saturated carbocycles. The summed E-state index contributed by atoms with van der Waals surface area (Å²) in [5.74, 6) is 0.261. The molecule has 2 aromatic rings. The summed E-state index contributed by atoms with van der Waals surface area (Å²) in [5.41, 5.74) is 1.37. The zero-order valence-corrected chi connectivity index (χ0v) is 13.5. The highest BCUT2D eigenvalue weighted by Gasteiger charge is 2.03. The van der Waals surface area contributed by atoms with Crippen LogP contribution in [0.4, 0.5) is 4.39 Å². The zero-order valence-electron chi connectivity index (χ0n) is 13.5. The first-order valence-electron chi connectivity index (χ1n) is 7.79. The van der Waals surface area contributed by atoms with Crippen LogP contribution in [0.15, 0.2) is 48.5 Å². The molecule has 0 fully saturated rings. The van der Waals surface area contributed by atoms with Gasteiger partial charge in [0.25, 0.3) is 0 Å². The van der Waals surface area contributed by atoms with Crippen molar-refractivity contribution in [3.05, 3.63) is 65.5 Å². The van der Waals surface area contributed by atoms with Crippen LogP contribution < -0.4 is 10.1 Å². The molecule has 0 spiro atoms. The first kappa shape index (κ1) is 17.7. The second-order valence-electron chi connectivity index (χ2n) is 5.44. The van der Waals surface area contributed by atoms with Crippen LogP contribution in [0.5, 0.6) is 5.75 Å². The summed E-state index contributed by atoms with van der Waals surface area (Å²) in [6.07, 6.45) is 0.907. The van der Waals surface area contributed by atoms with E-state index in [1.165, 1.54) is 19.1 Å². The summed E-state index contributed by atoms with van der Waals surface area (Å²) < 4.78 is 18.6. The monoisotopic (exact) mass is 329 g/mol. The second kappa shape index (κ2) is 8.82. The Morgan fingerprint density at radius 1 is 1.12 bits per heavy atom. The molecule has 0 aliphatic carbocycles. The van der Waals surface area contributed by atoms with Crippen LogP contribution in [0.3, 0.4) is 0 Å². The minimum atomic E-state index is -0.314. The summed E-state index contributed by atoms with van der Waals surface area (Å²) in [6, 6.07) is 13.0. The number of carbonyl (C=O) groups is 2. The number of rotatable bonds is 8. The molecular formula is C19H20FNO3. The van der Waals surface area contributed by atoms with Crippen molar-refractivity contribution in [2.24, 2.45) is 0 Å². The topological polar surface area (TPSA) is 55.4 Å². The largest absolute Gasteiger partial charge is 0.494 e. The van der Waals surface area contributed by atoms with E-state index in [4.69, 9.17) is 4.74 Å². The number of hydrogen-bond donors (Lipinski definition) is 1. The number of halogens is 1. The molecule has 0 aromatic heterocycles. The van der Waals surface area contributed by atoms with E-state index in [1.807, 2.05) is 0 Å². The molecule has 1 N–H and O–H groups in total. The number of benzene rings is 2. The number of amides is 1. The minimum Gasteiger partial charge on any atom is -0.494 e. The van der Waals surface area contributed by atoms with Crippen molar-refractivity contribution in [1.82, 2.24) is 5.32 Å². The van der Waals surface area contributed by atoms with Gasteiger partial charge in [-0.05, 0) is 55.3 Å². The van der Waals surface area contributed by atoms with E-state index >= 15 is 0 Å². The van der Waals surface area contributed by atoms with Crippen LogP contribution in [0.2, 0.25) is 0 Å². The number of ketones is 1. The molecule has 126 valence electrons. The highest BCUT2D eigenvalue weighted by molar-refractivity contribution is 5.94. The fourth-order valence-electron chi connectivity index (χ4n) is 2.14. The van der Waals surface area contributed by atoms with E-state index in [0.29, 0.717) is 37.3 Å². The van der Waals surface area contributed by atoms with Gasteiger partial charge in [-0.3, -0.25) is 9.59 Å². The summed E-state index contributed by atoms with van der Waals surface area (Å²) in [5, 5.41) is 2.75. The lowest BCUT2D eigenvalue weighted by Crippen LogP contribution is -2.23. The second-order valence-corrected chi connectivity index (χ2v) is 5.44. The Hall–Kier alpha value is -2.69. The molecule has 2 rings (SSSR count). The van der Waals surface area contributed by atoms with E-state index in [0.717, 1.165) is 5.56 Å². The number of nitrogens with one attached hydrogen (secondary N) is 1. The molecule has 4 nitrogen and oxygen atoms in total. The fraction of sp³-hybridized carbons (Fsp3) is 0.263. The highest BCUT2D eigenvalue weighted by atomic mass is 19.1. The molecule has 1 amide bonds. The molecule has 0 bridgehead atoms.